The number of hydrogen-bond donors (Lipinski definition) is 2. The maximum atomic E-state index is 12.5. The standard InChI is InChI=1S/C22H26N4O3/c27-22(25-20-13-16-3-7-19(20)24-16)15-1-5-18(6-2-15)29-21-8-4-17(14-23-21)26-9-11-28-12-10-26/h1-2,4-6,8,14,16,19-20,24H,3,7,9-13H2,(H,25,27). The highest BCUT2D eigenvalue weighted by Gasteiger charge is 2.39. The number of nitrogens with one attached hydrogen (secondary N) is 2. The number of nitrogens with zero attached hydrogens (tertiary/aromatic N) is 2. The molecule has 5 rings (SSSR count). The number of rotatable bonds is 5. The van der Waals surface area contributed by atoms with Gasteiger partial charge in [0.25, 0.3) is 5.91 Å². The Labute approximate surface area is 170 Å². The summed E-state index contributed by atoms with van der Waals surface area (Å²) in [7, 11) is 0. The topological polar surface area (TPSA) is 75.7 Å². The van der Waals surface area contributed by atoms with E-state index in [9.17, 15) is 4.79 Å². The van der Waals surface area contributed by atoms with Crippen LogP contribution >= 0.6 is 0 Å². The van der Waals surface area contributed by atoms with Gasteiger partial charge in [0.1, 0.15) is 5.75 Å². The van der Waals surface area contributed by atoms with E-state index in [0.717, 1.165) is 44.8 Å². The van der Waals surface area contributed by atoms with Crippen molar-refractivity contribution in [2.24, 2.45) is 0 Å². The van der Waals surface area contributed by atoms with Crippen molar-refractivity contribution >= 4 is 11.6 Å². The van der Waals surface area contributed by atoms with Gasteiger partial charge in [0.15, 0.2) is 0 Å². The van der Waals surface area contributed by atoms with Gasteiger partial charge in [-0.1, -0.05) is 0 Å². The number of benzene rings is 1. The highest BCUT2D eigenvalue weighted by atomic mass is 16.5. The zero-order valence-corrected chi connectivity index (χ0v) is 16.3. The minimum Gasteiger partial charge on any atom is -0.439 e. The molecule has 29 heavy (non-hydrogen) atoms. The highest BCUT2D eigenvalue weighted by Crippen LogP contribution is 2.28. The molecule has 1 aromatic carbocycles. The summed E-state index contributed by atoms with van der Waals surface area (Å²) < 4.78 is 11.2. The first kappa shape index (κ1) is 18.4. The summed E-state index contributed by atoms with van der Waals surface area (Å²) in [5.41, 5.74) is 1.72. The number of amides is 1. The third-order valence-corrected chi connectivity index (χ3v) is 6.05. The summed E-state index contributed by atoms with van der Waals surface area (Å²) in [5, 5.41) is 6.71. The summed E-state index contributed by atoms with van der Waals surface area (Å²) in [4.78, 5) is 19.2. The third kappa shape index (κ3) is 4.06. The normalized spacial score (nSPS) is 25.8. The lowest BCUT2D eigenvalue weighted by atomic mass is 9.95. The minimum absolute atomic E-state index is 0.0242. The predicted octanol–water partition coefficient (Wildman–Crippen LogP) is 2.33. The predicted molar refractivity (Wildman–Crippen MR) is 110 cm³/mol. The van der Waals surface area contributed by atoms with Crippen LogP contribution in [0, 0.1) is 0 Å². The Kier molecular flexibility index (Phi) is 5.08. The Bertz CT molecular complexity index is 849. The van der Waals surface area contributed by atoms with Gasteiger partial charge in [-0.25, -0.2) is 4.98 Å². The number of carbonyl (C=O) groups excluding carboxylic acids is 1. The van der Waals surface area contributed by atoms with E-state index in [4.69, 9.17) is 9.47 Å². The number of carbonyl (C=O) groups is 1. The second kappa shape index (κ2) is 8.00. The molecule has 0 spiro atoms. The number of anilines is 1. The molecule has 2 N–H and O–H groups in total. The molecule has 3 aliphatic rings. The molecule has 2 bridgehead atoms. The second-order valence-electron chi connectivity index (χ2n) is 7.94. The van der Waals surface area contributed by atoms with Gasteiger partial charge in [-0.15, -0.1) is 0 Å². The van der Waals surface area contributed by atoms with Crippen LogP contribution in [-0.4, -0.2) is 55.3 Å². The first-order valence-corrected chi connectivity index (χ1v) is 10.4. The van der Waals surface area contributed by atoms with E-state index in [2.05, 4.69) is 20.5 Å². The maximum absolute atomic E-state index is 12.5. The van der Waals surface area contributed by atoms with Crippen LogP contribution in [0.3, 0.4) is 0 Å². The van der Waals surface area contributed by atoms with Gasteiger partial charge in [0, 0.05) is 42.8 Å². The fraction of sp³-hybridized carbons (Fsp3) is 0.455. The Morgan fingerprint density at radius 2 is 1.97 bits per heavy atom. The van der Waals surface area contributed by atoms with Crippen molar-refractivity contribution < 1.29 is 14.3 Å². The summed E-state index contributed by atoms with van der Waals surface area (Å²) in [6.45, 7) is 3.25. The van der Waals surface area contributed by atoms with Gasteiger partial charge < -0.3 is 25.0 Å². The van der Waals surface area contributed by atoms with Crippen LogP contribution in [0.2, 0.25) is 0 Å². The van der Waals surface area contributed by atoms with E-state index in [1.54, 1.807) is 12.1 Å². The Hall–Kier alpha value is -2.64. The second-order valence-corrected chi connectivity index (χ2v) is 7.94. The minimum atomic E-state index is -0.0242. The Balaban J connectivity index is 1.17. The SMILES string of the molecule is O=C(NC1CC2CCC1N2)c1ccc(Oc2ccc(N3CCOCC3)cn2)cc1. The average molecular weight is 394 g/mol. The van der Waals surface area contributed by atoms with E-state index < -0.39 is 0 Å². The fourth-order valence-electron chi connectivity index (χ4n) is 4.47. The van der Waals surface area contributed by atoms with Gasteiger partial charge in [0.05, 0.1) is 25.1 Å². The summed E-state index contributed by atoms with van der Waals surface area (Å²) in [6, 6.07) is 12.3. The van der Waals surface area contributed by atoms with Crippen LogP contribution in [-0.2, 0) is 4.74 Å². The van der Waals surface area contributed by atoms with Gasteiger partial charge in [-0.05, 0) is 49.6 Å². The van der Waals surface area contributed by atoms with Crippen LogP contribution in [0.1, 0.15) is 29.6 Å². The van der Waals surface area contributed by atoms with E-state index in [1.165, 1.54) is 6.42 Å². The molecule has 1 aromatic heterocycles. The Morgan fingerprint density at radius 3 is 2.62 bits per heavy atom. The highest BCUT2D eigenvalue weighted by molar-refractivity contribution is 5.94. The van der Waals surface area contributed by atoms with E-state index in [-0.39, 0.29) is 11.9 Å². The smallest absolute Gasteiger partial charge is 0.251 e. The Morgan fingerprint density at radius 1 is 1.14 bits per heavy atom. The zero-order valence-electron chi connectivity index (χ0n) is 16.3. The van der Waals surface area contributed by atoms with Crippen LogP contribution in [0.5, 0.6) is 11.6 Å². The lowest BCUT2D eigenvalue weighted by Crippen LogP contribution is -2.42. The van der Waals surface area contributed by atoms with Crippen molar-refractivity contribution in [1.29, 1.82) is 0 Å². The monoisotopic (exact) mass is 394 g/mol. The molecule has 3 aliphatic heterocycles. The zero-order chi connectivity index (χ0) is 19.6. The average Bonchev–Trinajstić information content (AvgIpc) is 3.39. The third-order valence-electron chi connectivity index (χ3n) is 6.05. The van der Waals surface area contributed by atoms with Crippen molar-refractivity contribution in [1.82, 2.24) is 15.6 Å². The first-order chi connectivity index (χ1) is 14.2. The summed E-state index contributed by atoms with van der Waals surface area (Å²) in [6.07, 6.45) is 5.24. The molecule has 7 heteroatoms. The van der Waals surface area contributed by atoms with Crippen molar-refractivity contribution in [3.8, 4) is 11.6 Å². The van der Waals surface area contributed by atoms with Crippen LogP contribution in [0.15, 0.2) is 42.6 Å². The molecule has 4 heterocycles. The number of morpholine rings is 1. The molecule has 0 radical (unpaired) electrons. The molecular formula is C22H26N4O3. The molecule has 1 amide bonds. The number of ether oxygens (including phenoxy) is 2. The van der Waals surface area contributed by atoms with Crippen molar-refractivity contribution in [2.45, 2.75) is 37.4 Å². The lowest BCUT2D eigenvalue weighted by Gasteiger charge is -2.28. The number of hydrogen-bond acceptors (Lipinski definition) is 6. The van der Waals surface area contributed by atoms with E-state index in [0.29, 0.717) is 29.3 Å². The molecule has 2 aromatic rings. The maximum Gasteiger partial charge on any atom is 0.251 e. The molecule has 3 unspecified atom stereocenters. The van der Waals surface area contributed by atoms with Crippen LogP contribution in [0.25, 0.3) is 0 Å². The molecule has 0 saturated carbocycles. The lowest BCUT2D eigenvalue weighted by molar-refractivity contribution is 0.0931. The van der Waals surface area contributed by atoms with E-state index in [1.807, 2.05) is 30.5 Å². The van der Waals surface area contributed by atoms with Crippen LogP contribution in [0.4, 0.5) is 5.69 Å². The van der Waals surface area contributed by atoms with Crippen molar-refractivity contribution in [2.75, 3.05) is 31.2 Å². The number of aromatic nitrogens is 1. The quantitative estimate of drug-likeness (QED) is 0.811. The van der Waals surface area contributed by atoms with Gasteiger partial charge >= 0.3 is 0 Å². The largest absolute Gasteiger partial charge is 0.439 e. The number of pyridine rings is 1. The first-order valence-electron chi connectivity index (χ1n) is 10.4. The molecule has 3 saturated heterocycles. The fourth-order valence-corrected chi connectivity index (χ4v) is 4.47. The van der Waals surface area contributed by atoms with Crippen molar-refractivity contribution in [3.05, 3.63) is 48.2 Å². The molecule has 152 valence electrons. The van der Waals surface area contributed by atoms with Gasteiger partial charge in [0.2, 0.25) is 5.88 Å². The van der Waals surface area contributed by atoms with Gasteiger partial charge in [-0.2, -0.15) is 0 Å². The van der Waals surface area contributed by atoms with Crippen LogP contribution < -0.4 is 20.3 Å². The molecule has 3 atom stereocenters. The summed E-state index contributed by atoms with van der Waals surface area (Å²) in [5.74, 6) is 1.17. The van der Waals surface area contributed by atoms with Gasteiger partial charge in [-0.3, -0.25) is 4.79 Å². The molecule has 3 fully saturated rings. The number of fused-ring (bicyclic) bond motifs is 2. The molecule has 7 nitrogen and oxygen atoms in total. The summed E-state index contributed by atoms with van der Waals surface area (Å²) >= 11 is 0. The van der Waals surface area contributed by atoms with Crippen molar-refractivity contribution in [3.63, 3.8) is 0 Å². The molecule has 0 aliphatic carbocycles. The van der Waals surface area contributed by atoms with E-state index >= 15 is 0 Å². The molecular weight excluding hydrogens is 368 g/mol.